The number of benzene rings is 2. The quantitative estimate of drug-likeness (QED) is 0.542. The second kappa shape index (κ2) is 9.77. The van der Waals surface area contributed by atoms with E-state index in [2.05, 4.69) is 31.7 Å². The molecule has 0 amide bonds. The van der Waals surface area contributed by atoms with Gasteiger partial charge in [-0.15, -0.1) is 0 Å². The first-order chi connectivity index (χ1) is 12.2. The van der Waals surface area contributed by atoms with Crippen molar-refractivity contribution in [2.24, 2.45) is 0 Å². The Hall–Kier alpha value is -2.42. The number of hydrogen-bond donors (Lipinski definition) is 0. The molecule has 2 rings (SSSR count). The summed E-state index contributed by atoms with van der Waals surface area (Å²) in [5.41, 5.74) is 2.56. The summed E-state index contributed by atoms with van der Waals surface area (Å²) in [4.78, 5) is 0. The van der Waals surface area contributed by atoms with Crippen LogP contribution in [0.3, 0.4) is 0 Å². The second-order valence-corrected chi connectivity index (χ2v) is 6.00. The summed E-state index contributed by atoms with van der Waals surface area (Å²) in [6.45, 7) is 6.42. The van der Waals surface area contributed by atoms with E-state index < -0.39 is 0 Å². The summed E-state index contributed by atoms with van der Waals surface area (Å²) < 4.78 is 16.4. The number of ether oxygens (including phenoxy) is 3. The van der Waals surface area contributed by atoms with Crippen LogP contribution in [0.4, 0.5) is 0 Å². The first-order valence-electron chi connectivity index (χ1n) is 8.76. The van der Waals surface area contributed by atoms with Crippen LogP contribution in [0, 0.1) is 0 Å². The van der Waals surface area contributed by atoms with Crippen LogP contribution >= 0.6 is 0 Å². The van der Waals surface area contributed by atoms with Crippen molar-refractivity contribution >= 4 is 0 Å². The van der Waals surface area contributed by atoms with E-state index in [0.717, 1.165) is 36.5 Å². The monoisotopic (exact) mass is 340 g/mol. The summed E-state index contributed by atoms with van der Waals surface area (Å²) in [5, 5.41) is 0. The van der Waals surface area contributed by atoms with Crippen molar-refractivity contribution in [1.29, 1.82) is 0 Å². The molecule has 0 aliphatic heterocycles. The molecule has 2 aromatic carbocycles. The third-order valence-electron chi connectivity index (χ3n) is 4.45. The maximum Gasteiger partial charge on any atom is 0.126 e. The van der Waals surface area contributed by atoms with E-state index in [1.54, 1.807) is 20.3 Å². The molecule has 1 unspecified atom stereocenters. The molecule has 0 saturated heterocycles. The lowest BCUT2D eigenvalue weighted by molar-refractivity contribution is 0.363. The topological polar surface area (TPSA) is 27.7 Å². The highest BCUT2D eigenvalue weighted by Gasteiger charge is 2.15. The lowest BCUT2D eigenvalue weighted by Gasteiger charge is -2.19. The van der Waals surface area contributed by atoms with Gasteiger partial charge in [0.1, 0.15) is 23.9 Å². The van der Waals surface area contributed by atoms with Crippen LogP contribution in [-0.2, 0) is 6.42 Å². The molecule has 0 heterocycles. The van der Waals surface area contributed by atoms with E-state index in [-0.39, 0.29) is 0 Å². The van der Waals surface area contributed by atoms with Crippen LogP contribution in [0.1, 0.15) is 36.8 Å². The van der Waals surface area contributed by atoms with Crippen LogP contribution in [0.25, 0.3) is 0 Å². The van der Waals surface area contributed by atoms with Gasteiger partial charge in [-0.3, -0.25) is 0 Å². The largest absolute Gasteiger partial charge is 0.497 e. The SMILES string of the molecule is C=CCOc1ccc(CCC(CC)c2ccc(OC)cc2OC)cc1. The van der Waals surface area contributed by atoms with E-state index in [9.17, 15) is 0 Å². The van der Waals surface area contributed by atoms with Gasteiger partial charge in [0.15, 0.2) is 0 Å². The molecule has 0 saturated carbocycles. The average Bonchev–Trinajstić information content (AvgIpc) is 2.67. The van der Waals surface area contributed by atoms with Crippen molar-refractivity contribution in [3.63, 3.8) is 0 Å². The Morgan fingerprint density at radius 1 is 1.00 bits per heavy atom. The maximum absolute atomic E-state index is 5.57. The molecule has 0 aliphatic carbocycles. The fourth-order valence-corrected chi connectivity index (χ4v) is 2.98. The minimum atomic E-state index is 0.456. The third kappa shape index (κ3) is 5.28. The third-order valence-corrected chi connectivity index (χ3v) is 4.45. The predicted molar refractivity (Wildman–Crippen MR) is 103 cm³/mol. The summed E-state index contributed by atoms with van der Waals surface area (Å²) >= 11 is 0. The van der Waals surface area contributed by atoms with Crippen LogP contribution in [0.15, 0.2) is 55.1 Å². The van der Waals surface area contributed by atoms with Crippen LogP contribution in [0.2, 0.25) is 0 Å². The molecule has 2 aromatic rings. The molecular weight excluding hydrogens is 312 g/mol. The standard InChI is InChI=1S/C22H28O3/c1-5-15-25-19-11-8-17(9-12-19)7-10-18(6-2)21-14-13-20(23-3)16-22(21)24-4/h5,8-9,11-14,16,18H,1,6-7,10,15H2,2-4H3. The van der Waals surface area contributed by atoms with Gasteiger partial charge in [-0.1, -0.05) is 37.8 Å². The first-order valence-corrected chi connectivity index (χ1v) is 8.76. The molecule has 0 radical (unpaired) electrons. The highest BCUT2D eigenvalue weighted by atomic mass is 16.5. The lowest BCUT2D eigenvalue weighted by Crippen LogP contribution is -2.03. The fraction of sp³-hybridized carbons (Fsp3) is 0.364. The molecule has 0 N–H and O–H groups in total. The van der Waals surface area contributed by atoms with Gasteiger partial charge in [0.05, 0.1) is 14.2 Å². The summed E-state index contributed by atoms with van der Waals surface area (Å²) in [5.74, 6) is 3.06. The molecule has 3 heteroatoms. The van der Waals surface area contributed by atoms with Crippen molar-refractivity contribution in [1.82, 2.24) is 0 Å². The molecule has 0 aliphatic rings. The fourth-order valence-electron chi connectivity index (χ4n) is 2.98. The number of rotatable bonds is 10. The van der Waals surface area contributed by atoms with Crippen molar-refractivity contribution < 1.29 is 14.2 Å². The zero-order valence-electron chi connectivity index (χ0n) is 15.5. The minimum Gasteiger partial charge on any atom is -0.497 e. The minimum absolute atomic E-state index is 0.456. The molecule has 0 bridgehead atoms. The van der Waals surface area contributed by atoms with Gasteiger partial charge in [-0.05, 0) is 54.5 Å². The summed E-state index contributed by atoms with van der Waals surface area (Å²) in [6.07, 6.45) is 4.92. The summed E-state index contributed by atoms with van der Waals surface area (Å²) in [7, 11) is 3.39. The van der Waals surface area contributed by atoms with Crippen LogP contribution < -0.4 is 14.2 Å². The Morgan fingerprint density at radius 2 is 1.72 bits per heavy atom. The van der Waals surface area contributed by atoms with Crippen molar-refractivity contribution in [2.75, 3.05) is 20.8 Å². The summed E-state index contributed by atoms with van der Waals surface area (Å²) in [6, 6.07) is 14.4. The van der Waals surface area contributed by atoms with Gasteiger partial charge in [0.2, 0.25) is 0 Å². The van der Waals surface area contributed by atoms with E-state index in [4.69, 9.17) is 14.2 Å². The Labute approximate surface area is 151 Å². The predicted octanol–water partition coefficient (Wildman–Crippen LogP) is 5.40. The van der Waals surface area contributed by atoms with Gasteiger partial charge in [0, 0.05) is 6.07 Å². The second-order valence-electron chi connectivity index (χ2n) is 6.00. The number of methoxy groups -OCH3 is 2. The van der Waals surface area contributed by atoms with E-state index >= 15 is 0 Å². The van der Waals surface area contributed by atoms with Gasteiger partial charge < -0.3 is 14.2 Å². The van der Waals surface area contributed by atoms with Gasteiger partial charge in [-0.25, -0.2) is 0 Å². The Balaban J connectivity index is 2.03. The highest BCUT2D eigenvalue weighted by Crippen LogP contribution is 2.35. The molecule has 0 aromatic heterocycles. The van der Waals surface area contributed by atoms with Crippen LogP contribution in [0.5, 0.6) is 17.2 Å². The average molecular weight is 340 g/mol. The zero-order valence-corrected chi connectivity index (χ0v) is 15.5. The van der Waals surface area contributed by atoms with Crippen LogP contribution in [-0.4, -0.2) is 20.8 Å². The Kier molecular flexibility index (Phi) is 7.39. The number of aryl methyl sites for hydroxylation is 1. The zero-order chi connectivity index (χ0) is 18.1. The highest BCUT2D eigenvalue weighted by molar-refractivity contribution is 5.43. The first kappa shape index (κ1) is 18.9. The Bertz CT molecular complexity index is 661. The van der Waals surface area contributed by atoms with Gasteiger partial charge in [0.25, 0.3) is 0 Å². The lowest BCUT2D eigenvalue weighted by atomic mass is 9.89. The van der Waals surface area contributed by atoms with Gasteiger partial charge >= 0.3 is 0 Å². The molecule has 0 fully saturated rings. The van der Waals surface area contributed by atoms with E-state index in [1.165, 1.54) is 11.1 Å². The molecule has 1 atom stereocenters. The normalized spacial score (nSPS) is 11.6. The number of hydrogen-bond acceptors (Lipinski definition) is 3. The maximum atomic E-state index is 5.57. The Morgan fingerprint density at radius 3 is 2.32 bits per heavy atom. The van der Waals surface area contributed by atoms with E-state index in [0.29, 0.717) is 12.5 Å². The molecule has 134 valence electrons. The van der Waals surface area contributed by atoms with Crippen molar-refractivity contribution in [3.8, 4) is 17.2 Å². The smallest absolute Gasteiger partial charge is 0.126 e. The van der Waals surface area contributed by atoms with E-state index in [1.807, 2.05) is 24.3 Å². The molecule has 3 nitrogen and oxygen atoms in total. The van der Waals surface area contributed by atoms with Gasteiger partial charge in [-0.2, -0.15) is 0 Å². The molecule has 0 spiro atoms. The molecular formula is C22H28O3. The molecule has 25 heavy (non-hydrogen) atoms. The van der Waals surface area contributed by atoms with Crippen molar-refractivity contribution in [3.05, 3.63) is 66.2 Å². The van der Waals surface area contributed by atoms with Crippen molar-refractivity contribution in [2.45, 2.75) is 32.1 Å².